The molecule has 5 nitrogen and oxygen atoms in total. The minimum absolute atomic E-state index is 0.0188. The van der Waals surface area contributed by atoms with Crippen LogP contribution in [0.5, 0.6) is 0 Å². The van der Waals surface area contributed by atoms with Crippen molar-refractivity contribution in [2.75, 3.05) is 13.7 Å². The van der Waals surface area contributed by atoms with Crippen molar-refractivity contribution in [2.24, 2.45) is 11.8 Å². The summed E-state index contributed by atoms with van der Waals surface area (Å²) in [5.41, 5.74) is 0. The Morgan fingerprint density at radius 3 is 2.31 bits per heavy atom. The lowest BCUT2D eigenvalue weighted by molar-refractivity contribution is -0.142. The van der Waals surface area contributed by atoms with Gasteiger partial charge in [0.1, 0.15) is 0 Å². The van der Waals surface area contributed by atoms with Crippen molar-refractivity contribution < 1.29 is 19.4 Å². The van der Waals surface area contributed by atoms with Crippen LogP contribution in [0.15, 0.2) is 0 Å². The van der Waals surface area contributed by atoms with Crippen molar-refractivity contribution in [3.8, 4) is 0 Å². The number of hydrogen-bond donors (Lipinski definition) is 2. The largest absolute Gasteiger partial charge is 0.481 e. The van der Waals surface area contributed by atoms with Crippen molar-refractivity contribution in [3.63, 3.8) is 0 Å². The van der Waals surface area contributed by atoms with Gasteiger partial charge in [0.05, 0.1) is 13.0 Å². The minimum Gasteiger partial charge on any atom is -0.481 e. The van der Waals surface area contributed by atoms with Gasteiger partial charge in [-0.2, -0.15) is 0 Å². The molecule has 0 heterocycles. The first-order chi connectivity index (χ1) is 5.99. The number of aliphatic carboxylic acids is 1. The maximum Gasteiger partial charge on any atom is 0.406 e. The molecule has 1 atom stereocenters. The Hall–Kier alpha value is -1.26. The van der Waals surface area contributed by atoms with Crippen LogP contribution in [0.1, 0.15) is 13.8 Å². The first-order valence-corrected chi connectivity index (χ1v) is 4.03. The second-order valence-electron chi connectivity index (χ2n) is 3.06. The Kier molecular flexibility index (Phi) is 4.87. The highest BCUT2D eigenvalue weighted by Gasteiger charge is 2.21. The Balaban J connectivity index is 3.97. The molecule has 0 aromatic carbocycles. The fourth-order valence-electron chi connectivity index (χ4n) is 0.874. The van der Waals surface area contributed by atoms with Gasteiger partial charge < -0.3 is 15.2 Å². The van der Waals surface area contributed by atoms with E-state index in [4.69, 9.17) is 5.11 Å². The van der Waals surface area contributed by atoms with Crippen LogP contribution in [-0.2, 0) is 9.53 Å². The molecule has 5 heteroatoms. The van der Waals surface area contributed by atoms with Gasteiger partial charge in [0.2, 0.25) is 0 Å². The van der Waals surface area contributed by atoms with Crippen LogP contribution >= 0.6 is 0 Å². The number of methoxy groups -OCH3 is 1. The summed E-state index contributed by atoms with van der Waals surface area (Å²) in [6.07, 6.45) is -0.605. The molecule has 0 aliphatic rings. The van der Waals surface area contributed by atoms with E-state index >= 15 is 0 Å². The Morgan fingerprint density at radius 2 is 2.00 bits per heavy atom. The molecule has 0 rings (SSSR count). The van der Waals surface area contributed by atoms with Gasteiger partial charge in [0.15, 0.2) is 0 Å². The summed E-state index contributed by atoms with van der Waals surface area (Å²) < 4.78 is 4.32. The SMILES string of the molecule is COC(=O)NCC(C(=O)O)C(C)C. The zero-order valence-corrected chi connectivity index (χ0v) is 8.03. The molecule has 0 bridgehead atoms. The molecular formula is C8H15NO4. The van der Waals surface area contributed by atoms with Gasteiger partial charge in [-0.1, -0.05) is 13.8 Å². The highest BCUT2D eigenvalue weighted by molar-refractivity contribution is 5.72. The summed E-state index contributed by atoms with van der Waals surface area (Å²) in [6, 6.07) is 0. The van der Waals surface area contributed by atoms with E-state index in [0.29, 0.717) is 0 Å². The quantitative estimate of drug-likeness (QED) is 0.682. The number of carboxylic acids is 1. The zero-order valence-electron chi connectivity index (χ0n) is 8.03. The average Bonchev–Trinajstić information content (AvgIpc) is 2.03. The maximum atomic E-state index is 10.6. The van der Waals surface area contributed by atoms with E-state index in [2.05, 4.69) is 10.1 Å². The molecule has 0 aromatic heterocycles. The highest BCUT2D eigenvalue weighted by atomic mass is 16.5. The zero-order chi connectivity index (χ0) is 10.4. The number of carbonyl (C=O) groups excluding carboxylic acids is 1. The lowest BCUT2D eigenvalue weighted by Gasteiger charge is -2.15. The molecule has 0 saturated heterocycles. The van der Waals surface area contributed by atoms with E-state index in [-0.39, 0.29) is 12.5 Å². The second-order valence-corrected chi connectivity index (χ2v) is 3.06. The Morgan fingerprint density at radius 1 is 1.46 bits per heavy atom. The average molecular weight is 189 g/mol. The minimum atomic E-state index is -0.911. The fraction of sp³-hybridized carbons (Fsp3) is 0.750. The number of ether oxygens (including phenoxy) is 1. The smallest absolute Gasteiger partial charge is 0.406 e. The molecule has 13 heavy (non-hydrogen) atoms. The molecule has 76 valence electrons. The lowest BCUT2D eigenvalue weighted by atomic mass is 9.96. The monoisotopic (exact) mass is 189 g/mol. The van der Waals surface area contributed by atoms with E-state index in [1.165, 1.54) is 7.11 Å². The van der Waals surface area contributed by atoms with Gasteiger partial charge in [0.25, 0.3) is 0 Å². The standard InChI is InChI=1S/C8H15NO4/c1-5(2)6(7(10)11)4-9-8(12)13-3/h5-6H,4H2,1-3H3,(H,9,12)(H,10,11). The van der Waals surface area contributed by atoms with Crippen LogP contribution in [-0.4, -0.2) is 30.8 Å². The van der Waals surface area contributed by atoms with Crippen LogP contribution in [0.25, 0.3) is 0 Å². The van der Waals surface area contributed by atoms with Crippen LogP contribution in [0, 0.1) is 11.8 Å². The van der Waals surface area contributed by atoms with E-state index in [9.17, 15) is 9.59 Å². The third-order valence-corrected chi connectivity index (χ3v) is 1.77. The molecular weight excluding hydrogens is 174 g/mol. The van der Waals surface area contributed by atoms with E-state index in [0.717, 1.165) is 0 Å². The van der Waals surface area contributed by atoms with Crippen LogP contribution in [0.3, 0.4) is 0 Å². The molecule has 2 N–H and O–H groups in total. The number of hydrogen-bond acceptors (Lipinski definition) is 3. The van der Waals surface area contributed by atoms with E-state index in [1.54, 1.807) is 13.8 Å². The molecule has 1 amide bonds. The predicted octanol–water partition coefficient (Wildman–Crippen LogP) is 0.699. The van der Waals surface area contributed by atoms with Crippen molar-refractivity contribution in [3.05, 3.63) is 0 Å². The molecule has 0 spiro atoms. The first-order valence-electron chi connectivity index (χ1n) is 4.03. The van der Waals surface area contributed by atoms with E-state index < -0.39 is 18.0 Å². The van der Waals surface area contributed by atoms with Crippen LogP contribution < -0.4 is 5.32 Å². The topological polar surface area (TPSA) is 75.6 Å². The summed E-state index contributed by atoms with van der Waals surface area (Å²) in [6.45, 7) is 3.68. The summed E-state index contributed by atoms with van der Waals surface area (Å²) in [5.74, 6) is -1.50. The van der Waals surface area contributed by atoms with E-state index in [1.807, 2.05) is 0 Å². The summed E-state index contributed by atoms with van der Waals surface area (Å²) in [7, 11) is 1.24. The van der Waals surface area contributed by atoms with Gasteiger partial charge in [0, 0.05) is 6.54 Å². The number of alkyl carbamates (subject to hydrolysis) is 1. The Labute approximate surface area is 77.1 Å². The Bertz CT molecular complexity index is 191. The summed E-state index contributed by atoms with van der Waals surface area (Å²) >= 11 is 0. The molecule has 0 saturated carbocycles. The van der Waals surface area contributed by atoms with Crippen LogP contribution in [0.4, 0.5) is 4.79 Å². The van der Waals surface area contributed by atoms with Gasteiger partial charge in [-0.05, 0) is 5.92 Å². The molecule has 0 radical (unpaired) electrons. The van der Waals surface area contributed by atoms with Crippen molar-refractivity contribution in [1.82, 2.24) is 5.32 Å². The first kappa shape index (κ1) is 11.7. The highest BCUT2D eigenvalue weighted by Crippen LogP contribution is 2.09. The summed E-state index contributed by atoms with van der Waals surface area (Å²) in [4.78, 5) is 21.3. The van der Waals surface area contributed by atoms with Gasteiger partial charge in [-0.15, -0.1) is 0 Å². The number of carbonyl (C=O) groups is 2. The third-order valence-electron chi connectivity index (χ3n) is 1.77. The van der Waals surface area contributed by atoms with Gasteiger partial charge in [-0.25, -0.2) is 4.79 Å². The summed E-state index contributed by atoms with van der Waals surface area (Å²) in [5, 5.41) is 11.1. The van der Waals surface area contributed by atoms with Crippen molar-refractivity contribution >= 4 is 12.1 Å². The number of amides is 1. The predicted molar refractivity (Wildman–Crippen MR) is 46.4 cm³/mol. The second kappa shape index (κ2) is 5.40. The number of carboxylic acid groups (broad SMARTS) is 1. The van der Waals surface area contributed by atoms with Gasteiger partial charge in [-0.3, -0.25) is 4.79 Å². The normalized spacial score (nSPS) is 12.3. The fourth-order valence-corrected chi connectivity index (χ4v) is 0.874. The lowest BCUT2D eigenvalue weighted by Crippen LogP contribution is -2.35. The third kappa shape index (κ3) is 4.35. The molecule has 0 aromatic rings. The molecule has 0 fully saturated rings. The van der Waals surface area contributed by atoms with Gasteiger partial charge >= 0.3 is 12.1 Å². The molecule has 0 aliphatic heterocycles. The maximum absolute atomic E-state index is 10.6. The van der Waals surface area contributed by atoms with Crippen molar-refractivity contribution in [1.29, 1.82) is 0 Å². The molecule has 1 unspecified atom stereocenters. The molecule has 0 aliphatic carbocycles. The van der Waals surface area contributed by atoms with Crippen molar-refractivity contribution in [2.45, 2.75) is 13.8 Å². The van der Waals surface area contributed by atoms with Crippen LogP contribution in [0.2, 0.25) is 0 Å². The number of rotatable bonds is 4. The number of nitrogens with one attached hydrogen (secondary N) is 1.